The van der Waals surface area contributed by atoms with Gasteiger partial charge in [0.25, 0.3) is 5.56 Å². The SMILES string of the molecule is O=c1c2ccccc2nc(-c2cccc(-n3c4ccccc4c4ccc5c6ccccc6oc5c43)c2)n1-c1ccccc1. The summed E-state index contributed by atoms with van der Waals surface area (Å²) < 4.78 is 10.5. The van der Waals surface area contributed by atoms with Crippen molar-refractivity contribution in [3.8, 4) is 22.8 Å². The number of aromatic nitrogens is 3. The van der Waals surface area contributed by atoms with Gasteiger partial charge in [-0.25, -0.2) is 4.98 Å². The molecule has 202 valence electrons. The second-order valence-corrected chi connectivity index (χ2v) is 10.8. The Balaban J connectivity index is 1.37. The summed E-state index contributed by atoms with van der Waals surface area (Å²) in [5.41, 5.74) is 6.94. The average Bonchev–Trinajstić information content (AvgIpc) is 3.61. The lowest BCUT2D eigenvalue weighted by Crippen LogP contribution is -2.21. The third-order valence-electron chi connectivity index (χ3n) is 8.33. The summed E-state index contributed by atoms with van der Waals surface area (Å²) in [6, 6.07) is 46.5. The Morgan fingerprint density at radius 3 is 2.12 bits per heavy atom. The van der Waals surface area contributed by atoms with Gasteiger partial charge in [0.2, 0.25) is 0 Å². The van der Waals surface area contributed by atoms with E-state index in [-0.39, 0.29) is 5.56 Å². The second kappa shape index (κ2) is 9.03. The molecule has 9 rings (SSSR count). The van der Waals surface area contributed by atoms with Gasteiger partial charge < -0.3 is 8.98 Å². The number of fused-ring (bicyclic) bond motifs is 8. The minimum Gasteiger partial charge on any atom is -0.454 e. The first-order valence-corrected chi connectivity index (χ1v) is 14.3. The molecule has 0 aliphatic heterocycles. The Labute approximate surface area is 245 Å². The number of nitrogens with zero attached hydrogens (tertiary/aromatic N) is 3. The van der Waals surface area contributed by atoms with Crippen LogP contribution in [0.5, 0.6) is 0 Å². The molecule has 5 nitrogen and oxygen atoms in total. The molecule has 0 atom stereocenters. The number of hydrogen-bond donors (Lipinski definition) is 0. The van der Waals surface area contributed by atoms with Gasteiger partial charge in [0, 0.05) is 32.8 Å². The highest BCUT2D eigenvalue weighted by atomic mass is 16.3. The van der Waals surface area contributed by atoms with Crippen molar-refractivity contribution in [3.05, 3.63) is 150 Å². The van der Waals surface area contributed by atoms with Gasteiger partial charge in [0.05, 0.1) is 27.6 Å². The van der Waals surface area contributed by atoms with Crippen molar-refractivity contribution in [1.29, 1.82) is 0 Å². The van der Waals surface area contributed by atoms with Crippen molar-refractivity contribution >= 4 is 54.6 Å². The molecule has 9 aromatic rings. The van der Waals surface area contributed by atoms with Gasteiger partial charge in [-0.2, -0.15) is 0 Å². The molecule has 3 aromatic heterocycles. The van der Waals surface area contributed by atoms with E-state index in [2.05, 4.69) is 59.2 Å². The van der Waals surface area contributed by atoms with Gasteiger partial charge in [0.1, 0.15) is 11.4 Å². The van der Waals surface area contributed by atoms with Crippen molar-refractivity contribution in [2.45, 2.75) is 0 Å². The van der Waals surface area contributed by atoms with E-state index in [0.717, 1.165) is 60.7 Å². The number of para-hydroxylation sites is 4. The quantitative estimate of drug-likeness (QED) is 0.219. The summed E-state index contributed by atoms with van der Waals surface area (Å²) in [6.45, 7) is 0. The maximum absolute atomic E-state index is 13.9. The topological polar surface area (TPSA) is 53.0 Å². The highest BCUT2D eigenvalue weighted by molar-refractivity contribution is 6.21. The molecule has 0 radical (unpaired) electrons. The van der Waals surface area contributed by atoms with E-state index < -0.39 is 0 Å². The largest absolute Gasteiger partial charge is 0.454 e. The van der Waals surface area contributed by atoms with Gasteiger partial charge in [-0.1, -0.05) is 84.9 Å². The summed E-state index contributed by atoms with van der Waals surface area (Å²) in [5, 5.41) is 5.03. The van der Waals surface area contributed by atoms with Gasteiger partial charge in [0.15, 0.2) is 5.58 Å². The highest BCUT2D eigenvalue weighted by Crippen LogP contribution is 2.40. The molecule has 5 heteroatoms. The molecule has 0 N–H and O–H groups in total. The van der Waals surface area contributed by atoms with Gasteiger partial charge in [-0.3, -0.25) is 9.36 Å². The van der Waals surface area contributed by atoms with Crippen LogP contribution in [0.1, 0.15) is 0 Å². The van der Waals surface area contributed by atoms with Crippen molar-refractivity contribution in [3.63, 3.8) is 0 Å². The normalized spacial score (nSPS) is 11.8. The lowest BCUT2D eigenvalue weighted by Gasteiger charge is -2.15. The van der Waals surface area contributed by atoms with E-state index in [1.165, 1.54) is 0 Å². The zero-order chi connectivity index (χ0) is 28.5. The molecule has 43 heavy (non-hydrogen) atoms. The molecule has 0 bridgehead atoms. The van der Waals surface area contributed by atoms with Crippen LogP contribution < -0.4 is 5.56 Å². The lowest BCUT2D eigenvalue weighted by molar-refractivity contribution is 0.671. The van der Waals surface area contributed by atoms with Crippen LogP contribution in [0.25, 0.3) is 77.4 Å². The van der Waals surface area contributed by atoms with Crippen LogP contribution in [-0.2, 0) is 0 Å². The van der Waals surface area contributed by atoms with Gasteiger partial charge in [-0.15, -0.1) is 0 Å². The smallest absolute Gasteiger partial charge is 0.266 e. The molecule has 0 unspecified atom stereocenters. The molecule has 0 spiro atoms. The Hall–Kier alpha value is -5.94. The first kappa shape index (κ1) is 23.7. The van der Waals surface area contributed by atoms with E-state index in [1.54, 1.807) is 4.57 Å². The number of benzene rings is 6. The first-order valence-electron chi connectivity index (χ1n) is 14.3. The monoisotopic (exact) mass is 553 g/mol. The van der Waals surface area contributed by atoms with E-state index in [0.29, 0.717) is 16.7 Å². The van der Waals surface area contributed by atoms with E-state index in [9.17, 15) is 4.79 Å². The number of furan rings is 1. The number of hydrogen-bond acceptors (Lipinski definition) is 3. The fourth-order valence-electron chi connectivity index (χ4n) is 6.43. The zero-order valence-corrected chi connectivity index (χ0v) is 22.9. The van der Waals surface area contributed by atoms with Crippen molar-refractivity contribution < 1.29 is 4.42 Å². The molecule has 0 saturated carbocycles. The summed E-state index contributed by atoms with van der Waals surface area (Å²) >= 11 is 0. The predicted octanol–water partition coefficient (Wildman–Crippen LogP) is 9.05. The molecule has 0 aliphatic carbocycles. The van der Waals surface area contributed by atoms with Crippen molar-refractivity contribution in [1.82, 2.24) is 14.1 Å². The van der Waals surface area contributed by atoms with Crippen LogP contribution >= 0.6 is 0 Å². The third kappa shape index (κ3) is 3.45. The van der Waals surface area contributed by atoms with Crippen LogP contribution in [0.4, 0.5) is 0 Å². The second-order valence-electron chi connectivity index (χ2n) is 10.8. The standard InChI is InChI=1S/C38H23N3O2/c42-38-31-17-4-7-18-32(31)39-37(41(38)25-12-2-1-3-13-25)24-11-10-14-26(23-24)40-33-19-8-5-15-27(33)29-21-22-30-28-16-6-9-20-34(28)43-36(30)35(29)40/h1-23H. The molecule has 0 amide bonds. The number of rotatable bonds is 3. The molecule has 0 aliphatic rings. The molecule has 6 aromatic carbocycles. The molecule has 0 saturated heterocycles. The van der Waals surface area contributed by atoms with Crippen LogP contribution in [0.15, 0.2) is 149 Å². The molecular formula is C38H23N3O2. The maximum Gasteiger partial charge on any atom is 0.266 e. The Kier molecular flexibility index (Phi) is 4.98. The summed E-state index contributed by atoms with van der Waals surface area (Å²) in [7, 11) is 0. The maximum atomic E-state index is 13.9. The molecular weight excluding hydrogens is 530 g/mol. The third-order valence-corrected chi connectivity index (χ3v) is 8.33. The zero-order valence-electron chi connectivity index (χ0n) is 22.9. The lowest BCUT2D eigenvalue weighted by atomic mass is 10.1. The van der Waals surface area contributed by atoms with Gasteiger partial charge in [-0.05, 0) is 54.6 Å². The molecule has 3 heterocycles. The van der Waals surface area contributed by atoms with Gasteiger partial charge >= 0.3 is 0 Å². The molecule has 0 fully saturated rings. The Morgan fingerprint density at radius 2 is 1.23 bits per heavy atom. The Morgan fingerprint density at radius 1 is 0.535 bits per heavy atom. The van der Waals surface area contributed by atoms with Crippen LogP contribution in [-0.4, -0.2) is 14.1 Å². The summed E-state index contributed by atoms with van der Waals surface area (Å²) in [5.74, 6) is 0.589. The van der Waals surface area contributed by atoms with Crippen molar-refractivity contribution in [2.24, 2.45) is 0 Å². The fraction of sp³-hybridized carbons (Fsp3) is 0. The van der Waals surface area contributed by atoms with Crippen LogP contribution in [0.3, 0.4) is 0 Å². The first-order chi connectivity index (χ1) is 21.3. The van der Waals surface area contributed by atoms with Crippen molar-refractivity contribution in [2.75, 3.05) is 0 Å². The van der Waals surface area contributed by atoms with E-state index in [4.69, 9.17) is 9.40 Å². The average molecular weight is 554 g/mol. The fourth-order valence-corrected chi connectivity index (χ4v) is 6.43. The Bertz CT molecular complexity index is 2590. The van der Waals surface area contributed by atoms with E-state index in [1.807, 2.05) is 84.9 Å². The van der Waals surface area contributed by atoms with Crippen LogP contribution in [0, 0.1) is 0 Å². The minimum atomic E-state index is -0.0990. The highest BCUT2D eigenvalue weighted by Gasteiger charge is 2.20. The predicted molar refractivity (Wildman–Crippen MR) is 174 cm³/mol. The van der Waals surface area contributed by atoms with Crippen LogP contribution in [0.2, 0.25) is 0 Å². The van der Waals surface area contributed by atoms with E-state index >= 15 is 0 Å². The minimum absolute atomic E-state index is 0.0990. The summed E-state index contributed by atoms with van der Waals surface area (Å²) in [6.07, 6.45) is 0. The summed E-state index contributed by atoms with van der Waals surface area (Å²) in [4.78, 5) is 19.0.